The molecule has 9 heteroatoms. The van der Waals surface area contributed by atoms with Gasteiger partial charge in [0.2, 0.25) is 5.91 Å². The average Bonchev–Trinajstić information content (AvgIpc) is 2.42. The number of carbonyl (C=O) groups excluding carboxylic acids is 2. The van der Waals surface area contributed by atoms with Crippen LogP contribution in [0, 0.1) is 0 Å². The van der Waals surface area contributed by atoms with Crippen LogP contribution in [0.1, 0.15) is 6.42 Å². The molecule has 0 aromatic carbocycles. The van der Waals surface area contributed by atoms with Crippen LogP contribution in [0.15, 0.2) is 0 Å². The number of alkyl halides is 3. The van der Waals surface area contributed by atoms with Gasteiger partial charge in [-0.1, -0.05) is 0 Å². The van der Waals surface area contributed by atoms with Gasteiger partial charge in [0.15, 0.2) is 0 Å². The molecule has 1 fully saturated rings. The highest BCUT2D eigenvalue weighted by atomic mass is 32.2. The SMILES string of the molecule is COC(=O)CCN(CC(F)(F)F)C(=O)C1CSCCN1. The normalized spacial score (nSPS) is 19.5. The molecule has 0 saturated carbocycles. The summed E-state index contributed by atoms with van der Waals surface area (Å²) in [7, 11) is 1.15. The van der Waals surface area contributed by atoms with Gasteiger partial charge >= 0.3 is 12.1 Å². The summed E-state index contributed by atoms with van der Waals surface area (Å²) < 4.78 is 41.9. The fraction of sp³-hybridized carbons (Fsp3) is 0.818. The molecule has 1 atom stereocenters. The van der Waals surface area contributed by atoms with E-state index in [1.165, 1.54) is 11.8 Å². The lowest BCUT2D eigenvalue weighted by molar-refractivity contribution is -0.163. The number of hydrogen-bond acceptors (Lipinski definition) is 5. The van der Waals surface area contributed by atoms with E-state index in [9.17, 15) is 22.8 Å². The van der Waals surface area contributed by atoms with Crippen LogP contribution in [0.5, 0.6) is 0 Å². The zero-order valence-electron chi connectivity index (χ0n) is 11.0. The quantitative estimate of drug-likeness (QED) is 0.755. The molecule has 0 aromatic rings. The van der Waals surface area contributed by atoms with Crippen molar-refractivity contribution >= 4 is 23.6 Å². The average molecular weight is 314 g/mol. The Hall–Kier alpha value is -0.960. The predicted octanol–water partition coefficient (Wildman–Crippen LogP) is 0.645. The van der Waals surface area contributed by atoms with Gasteiger partial charge in [-0.2, -0.15) is 24.9 Å². The first kappa shape index (κ1) is 17.1. The first-order chi connectivity index (χ1) is 9.33. The number of halogens is 3. The first-order valence-electron chi connectivity index (χ1n) is 6.07. The summed E-state index contributed by atoms with van der Waals surface area (Å²) in [5.41, 5.74) is 0. The summed E-state index contributed by atoms with van der Waals surface area (Å²) >= 11 is 1.51. The maximum atomic E-state index is 12.5. The lowest BCUT2D eigenvalue weighted by Crippen LogP contribution is -2.53. The molecule has 1 amide bonds. The summed E-state index contributed by atoms with van der Waals surface area (Å²) in [5, 5.41) is 2.89. The molecule has 5 nitrogen and oxygen atoms in total. The van der Waals surface area contributed by atoms with E-state index in [1.807, 2.05) is 0 Å². The second-order valence-electron chi connectivity index (χ2n) is 4.28. The number of hydrogen-bond donors (Lipinski definition) is 1. The van der Waals surface area contributed by atoms with E-state index in [2.05, 4.69) is 10.1 Å². The van der Waals surface area contributed by atoms with Crippen molar-refractivity contribution in [3.8, 4) is 0 Å². The summed E-state index contributed by atoms with van der Waals surface area (Å²) in [4.78, 5) is 23.8. The summed E-state index contributed by atoms with van der Waals surface area (Å²) in [6.07, 6.45) is -4.74. The van der Waals surface area contributed by atoms with Crippen LogP contribution in [0.2, 0.25) is 0 Å². The van der Waals surface area contributed by atoms with E-state index in [0.29, 0.717) is 17.2 Å². The predicted molar refractivity (Wildman–Crippen MR) is 68.4 cm³/mol. The van der Waals surface area contributed by atoms with E-state index in [-0.39, 0.29) is 13.0 Å². The highest BCUT2D eigenvalue weighted by Gasteiger charge is 2.35. The highest BCUT2D eigenvalue weighted by molar-refractivity contribution is 7.99. The Bertz CT molecular complexity index is 346. The molecule has 0 aliphatic carbocycles. The molecule has 116 valence electrons. The number of nitrogens with zero attached hydrogens (tertiary/aromatic N) is 1. The van der Waals surface area contributed by atoms with Gasteiger partial charge in [-0.05, 0) is 0 Å². The third-order valence-corrected chi connectivity index (χ3v) is 3.78. The molecule has 1 rings (SSSR count). The van der Waals surface area contributed by atoms with Crippen LogP contribution < -0.4 is 5.32 Å². The van der Waals surface area contributed by atoms with Crippen molar-refractivity contribution in [1.29, 1.82) is 0 Å². The third kappa shape index (κ3) is 6.00. The molecule has 1 heterocycles. The van der Waals surface area contributed by atoms with Crippen LogP contribution in [0.3, 0.4) is 0 Å². The van der Waals surface area contributed by atoms with Gasteiger partial charge in [0, 0.05) is 24.6 Å². The van der Waals surface area contributed by atoms with Crippen molar-refractivity contribution in [1.82, 2.24) is 10.2 Å². The number of esters is 1. The van der Waals surface area contributed by atoms with Crippen molar-refractivity contribution < 1.29 is 27.5 Å². The monoisotopic (exact) mass is 314 g/mol. The Morgan fingerprint density at radius 2 is 2.15 bits per heavy atom. The summed E-state index contributed by atoms with van der Waals surface area (Å²) in [6, 6.07) is -0.631. The molecule has 1 aliphatic rings. The number of methoxy groups -OCH3 is 1. The van der Waals surface area contributed by atoms with E-state index in [1.54, 1.807) is 0 Å². The Labute approximate surface area is 119 Å². The Morgan fingerprint density at radius 3 is 2.65 bits per heavy atom. The standard InChI is InChI=1S/C11H17F3N2O3S/c1-19-9(17)2-4-16(7-11(12,13)14)10(18)8-6-20-5-3-15-8/h8,15H,2-7H2,1H3. The molecule has 1 unspecified atom stereocenters. The molecule has 20 heavy (non-hydrogen) atoms. The van der Waals surface area contributed by atoms with Gasteiger partial charge in [0.25, 0.3) is 0 Å². The van der Waals surface area contributed by atoms with Crippen molar-refractivity contribution in [2.24, 2.45) is 0 Å². The smallest absolute Gasteiger partial charge is 0.406 e. The fourth-order valence-corrected chi connectivity index (χ4v) is 2.68. The number of nitrogens with one attached hydrogen (secondary N) is 1. The number of amides is 1. The van der Waals surface area contributed by atoms with Gasteiger partial charge in [-0.15, -0.1) is 0 Å². The number of rotatable bonds is 5. The molecule has 0 aromatic heterocycles. The highest BCUT2D eigenvalue weighted by Crippen LogP contribution is 2.18. The second-order valence-corrected chi connectivity index (χ2v) is 5.43. The second kappa shape index (κ2) is 7.72. The topological polar surface area (TPSA) is 58.6 Å². The maximum absolute atomic E-state index is 12.5. The fourth-order valence-electron chi connectivity index (χ4n) is 1.76. The van der Waals surface area contributed by atoms with Crippen LogP contribution in [0.25, 0.3) is 0 Å². The minimum Gasteiger partial charge on any atom is -0.469 e. The lowest BCUT2D eigenvalue weighted by Gasteiger charge is -2.30. The zero-order valence-corrected chi connectivity index (χ0v) is 11.9. The van der Waals surface area contributed by atoms with Crippen LogP contribution >= 0.6 is 11.8 Å². The lowest BCUT2D eigenvalue weighted by atomic mass is 10.2. The van der Waals surface area contributed by atoms with E-state index >= 15 is 0 Å². The number of thioether (sulfide) groups is 1. The molecule has 1 saturated heterocycles. The van der Waals surface area contributed by atoms with E-state index < -0.39 is 30.6 Å². The van der Waals surface area contributed by atoms with Crippen molar-refractivity contribution in [2.45, 2.75) is 18.6 Å². The summed E-state index contributed by atoms with van der Waals surface area (Å²) in [5.74, 6) is -0.00855. The van der Waals surface area contributed by atoms with Gasteiger partial charge in [-0.25, -0.2) is 0 Å². The molecule has 0 spiro atoms. The minimum atomic E-state index is -4.49. The maximum Gasteiger partial charge on any atom is 0.406 e. The van der Waals surface area contributed by atoms with E-state index in [4.69, 9.17) is 0 Å². The van der Waals surface area contributed by atoms with E-state index in [0.717, 1.165) is 12.9 Å². The molecule has 1 N–H and O–H groups in total. The number of ether oxygens (including phenoxy) is 1. The van der Waals surface area contributed by atoms with Gasteiger partial charge in [-0.3, -0.25) is 9.59 Å². The van der Waals surface area contributed by atoms with Gasteiger partial charge < -0.3 is 15.0 Å². The Morgan fingerprint density at radius 1 is 1.45 bits per heavy atom. The Balaban J connectivity index is 2.64. The summed E-state index contributed by atoms with van der Waals surface area (Å²) in [6.45, 7) is -1.07. The van der Waals surface area contributed by atoms with Crippen molar-refractivity contribution in [3.63, 3.8) is 0 Å². The Kier molecular flexibility index (Phi) is 6.60. The molecule has 0 radical (unpaired) electrons. The van der Waals surface area contributed by atoms with Gasteiger partial charge in [0.05, 0.1) is 19.6 Å². The third-order valence-electron chi connectivity index (χ3n) is 2.72. The molecular formula is C11H17F3N2O3S. The van der Waals surface area contributed by atoms with Crippen molar-refractivity contribution in [2.75, 3.05) is 38.2 Å². The van der Waals surface area contributed by atoms with Crippen LogP contribution in [-0.4, -0.2) is 67.2 Å². The molecular weight excluding hydrogens is 297 g/mol. The van der Waals surface area contributed by atoms with Crippen LogP contribution in [0.4, 0.5) is 13.2 Å². The van der Waals surface area contributed by atoms with Gasteiger partial charge in [0.1, 0.15) is 6.54 Å². The molecule has 1 aliphatic heterocycles. The zero-order chi connectivity index (χ0) is 15.2. The minimum absolute atomic E-state index is 0.252. The number of carbonyl (C=O) groups is 2. The first-order valence-corrected chi connectivity index (χ1v) is 7.22. The van der Waals surface area contributed by atoms with Crippen molar-refractivity contribution in [3.05, 3.63) is 0 Å². The largest absolute Gasteiger partial charge is 0.469 e. The van der Waals surface area contributed by atoms with Crippen LogP contribution in [-0.2, 0) is 14.3 Å². The molecule has 0 bridgehead atoms.